The molecule has 1 atom stereocenters. The normalized spacial score (nSPS) is 11.8. The molecule has 0 heterocycles. The third kappa shape index (κ3) is 43.1. The average molecular weight is 413 g/mol. The Hall–Kier alpha value is 0.0800. The highest BCUT2D eigenvalue weighted by atomic mass is 32.2. The third-order valence-corrected chi connectivity index (χ3v) is 4.63. The molecule has 12 heteroatoms. The summed E-state index contributed by atoms with van der Waals surface area (Å²) in [6.07, 6.45) is 0. The maximum atomic E-state index is 10.5. The van der Waals surface area contributed by atoms with E-state index < -0.39 is 26.2 Å². The van der Waals surface area contributed by atoms with Crippen LogP contribution in [0.25, 0.3) is 0 Å². The molecular formula is C12H33NO8P2S. The van der Waals surface area contributed by atoms with E-state index in [-0.39, 0.29) is 5.78 Å². The number of nitrogens with zero attached hydrogens (tertiary/aromatic N) is 1. The zero-order valence-corrected chi connectivity index (χ0v) is 19.1. The largest absolute Gasteiger partial charge is 0.332 e. The van der Waals surface area contributed by atoms with Gasteiger partial charge in [0.05, 0.1) is 7.11 Å². The van der Waals surface area contributed by atoms with Gasteiger partial charge < -0.3 is 18.4 Å². The smallest absolute Gasteiger partial charge is 0.327 e. The van der Waals surface area contributed by atoms with Gasteiger partial charge in [0.2, 0.25) is 11.3 Å². The van der Waals surface area contributed by atoms with Gasteiger partial charge in [-0.05, 0) is 13.8 Å². The van der Waals surface area contributed by atoms with E-state index in [0.717, 1.165) is 0 Å². The van der Waals surface area contributed by atoms with Crippen molar-refractivity contribution in [2.75, 3.05) is 62.5 Å². The van der Waals surface area contributed by atoms with Crippen LogP contribution in [0, 0.1) is 0 Å². The van der Waals surface area contributed by atoms with Crippen molar-refractivity contribution >= 4 is 32.0 Å². The first-order valence-electron chi connectivity index (χ1n) is 6.50. The zero-order chi connectivity index (χ0) is 20.6. The fourth-order valence-corrected chi connectivity index (χ4v) is 0.671. The van der Waals surface area contributed by atoms with Crippen LogP contribution in [0.5, 0.6) is 0 Å². The van der Waals surface area contributed by atoms with E-state index in [0.29, 0.717) is 0 Å². The van der Waals surface area contributed by atoms with E-state index in [1.54, 1.807) is 27.4 Å². The molecule has 24 heavy (non-hydrogen) atoms. The molecule has 1 unspecified atom stereocenters. The van der Waals surface area contributed by atoms with Crippen LogP contribution in [-0.4, -0.2) is 76.8 Å². The lowest BCUT2D eigenvalue weighted by Gasteiger charge is -2.04. The Balaban J connectivity index is -0.000000113. The Morgan fingerprint density at radius 2 is 1.12 bits per heavy atom. The van der Waals surface area contributed by atoms with E-state index >= 15 is 0 Å². The fraction of sp³-hybridized carbons (Fsp3) is 0.917. The molecule has 0 aliphatic carbocycles. The molecule has 0 aromatic rings. The van der Waals surface area contributed by atoms with Crippen molar-refractivity contribution in [1.29, 1.82) is 0 Å². The lowest BCUT2D eigenvalue weighted by Crippen LogP contribution is -2.15. The SMILES string of the molecule is CC(C)=O.COP(C)(=O)OC.COP(C)(C)=O.COS(=O)N(C)C. The van der Waals surface area contributed by atoms with Crippen LogP contribution in [0.1, 0.15) is 13.8 Å². The molecule has 0 bridgehead atoms. The summed E-state index contributed by atoms with van der Waals surface area (Å²) in [6.45, 7) is 7.62. The number of hydrogen-bond donors (Lipinski definition) is 0. The summed E-state index contributed by atoms with van der Waals surface area (Å²) < 4.78 is 50.4. The van der Waals surface area contributed by atoms with E-state index in [4.69, 9.17) is 0 Å². The zero-order valence-electron chi connectivity index (χ0n) is 16.5. The number of ketones is 1. The number of hydrogen-bond acceptors (Lipinski definition) is 8. The van der Waals surface area contributed by atoms with Crippen molar-refractivity contribution in [2.45, 2.75) is 13.8 Å². The minimum absolute atomic E-state index is 0.167. The fourth-order valence-electron chi connectivity index (χ4n) is 0.224. The number of Topliss-reactive ketones (excluding diaryl/α,β-unsaturated/α-hetero) is 1. The van der Waals surface area contributed by atoms with Gasteiger partial charge in [0.15, 0.2) is 7.37 Å². The summed E-state index contributed by atoms with van der Waals surface area (Å²) in [5.41, 5.74) is 0. The van der Waals surface area contributed by atoms with Crippen LogP contribution in [-0.2, 0) is 42.9 Å². The molecule has 0 rings (SSSR count). The van der Waals surface area contributed by atoms with E-state index in [2.05, 4.69) is 17.8 Å². The van der Waals surface area contributed by atoms with Gasteiger partial charge in [0, 0.05) is 55.4 Å². The predicted octanol–water partition coefficient (Wildman–Crippen LogP) is 2.64. The molecule has 0 aromatic heterocycles. The molecule has 150 valence electrons. The van der Waals surface area contributed by atoms with Gasteiger partial charge in [0.25, 0.3) is 0 Å². The average Bonchev–Trinajstić information content (AvgIpc) is 2.46. The predicted molar refractivity (Wildman–Crippen MR) is 99.2 cm³/mol. The van der Waals surface area contributed by atoms with Crippen molar-refractivity contribution in [2.24, 2.45) is 0 Å². The Bertz CT molecular complexity index is 413. The first-order valence-corrected chi connectivity index (χ1v) is 12.0. The topological polar surface area (TPSA) is 108 Å². The highest BCUT2D eigenvalue weighted by Crippen LogP contribution is 2.40. The molecule has 0 N–H and O–H groups in total. The molecule has 0 aliphatic rings. The highest BCUT2D eigenvalue weighted by molar-refractivity contribution is 7.77. The van der Waals surface area contributed by atoms with Gasteiger partial charge in [-0.2, -0.15) is 0 Å². The first-order chi connectivity index (χ1) is 10.6. The van der Waals surface area contributed by atoms with Crippen molar-refractivity contribution in [3.8, 4) is 0 Å². The molecule has 9 nitrogen and oxygen atoms in total. The van der Waals surface area contributed by atoms with Crippen molar-refractivity contribution in [3.05, 3.63) is 0 Å². The molecule has 0 radical (unpaired) electrons. The van der Waals surface area contributed by atoms with Gasteiger partial charge >= 0.3 is 7.60 Å². The van der Waals surface area contributed by atoms with Crippen LogP contribution < -0.4 is 0 Å². The van der Waals surface area contributed by atoms with Crippen LogP contribution in [0.3, 0.4) is 0 Å². The molecule has 0 aromatic carbocycles. The van der Waals surface area contributed by atoms with Gasteiger partial charge in [0.1, 0.15) is 5.78 Å². The Morgan fingerprint density at radius 3 is 1.12 bits per heavy atom. The van der Waals surface area contributed by atoms with Crippen LogP contribution in [0.4, 0.5) is 0 Å². The number of rotatable bonds is 5. The van der Waals surface area contributed by atoms with E-state index in [1.807, 2.05) is 0 Å². The minimum atomic E-state index is -2.65. The van der Waals surface area contributed by atoms with Gasteiger partial charge in [-0.1, -0.05) is 0 Å². The van der Waals surface area contributed by atoms with Crippen molar-refractivity contribution in [3.63, 3.8) is 0 Å². The third-order valence-electron chi connectivity index (χ3n) is 1.54. The lowest BCUT2D eigenvalue weighted by atomic mass is 10.6. The van der Waals surface area contributed by atoms with Crippen molar-refractivity contribution in [1.82, 2.24) is 4.31 Å². The second kappa shape index (κ2) is 17.9. The van der Waals surface area contributed by atoms with E-state index in [1.165, 1.54) is 53.3 Å². The maximum absolute atomic E-state index is 10.5. The minimum Gasteiger partial charge on any atom is -0.332 e. The molecule has 0 spiro atoms. The van der Waals surface area contributed by atoms with Crippen LogP contribution >= 0.6 is 15.0 Å². The molecule has 0 aliphatic heterocycles. The van der Waals surface area contributed by atoms with Gasteiger partial charge in [-0.3, -0.25) is 13.3 Å². The summed E-state index contributed by atoms with van der Waals surface area (Å²) in [5, 5.41) is 0. The summed E-state index contributed by atoms with van der Waals surface area (Å²) in [5.74, 6) is 0.167. The van der Waals surface area contributed by atoms with Gasteiger partial charge in [-0.25, -0.2) is 8.51 Å². The summed E-state index contributed by atoms with van der Waals surface area (Å²) in [7, 11) is 4.11. The van der Waals surface area contributed by atoms with Crippen LogP contribution in [0.2, 0.25) is 0 Å². The summed E-state index contributed by atoms with van der Waals surface area (Å²) in [4.78, 5) is 9.44. The highest BCUT2D eigenvalue weighted by Gasteiger charge is 2.08. The van der Waals surface area contributed by atoms with Gasteiger partial charge in [-0.15, -0.1) is 0 Å². The molecular weight excluding hydrogens is 380 g/mol. The Kier molecular flexibility index (Phi) is 23.7. The summed E-state index contributed by atoms with van der Waals surface area (Å²) >= 11 is -1.25. The van der Waals surface area contributed by atoms with Crippen LogP contribution in [0.15, 0.2) is 0 Å². The Labute approximate surface area is 149 Å². The Morgan fingerprint density at radius 1 is 0.875 bits per heavy atom. The number of carbonyl (C=O) groups excluding carboxylic acids is 1. The number of carbonyl (C=O) groups is 1. The first kappa shape index (κ1) is 31.8. The summed E-state index contributed by atoms with van der Waals surface area (Å²) in [6, 6.07) is 0. The molecule has 0 fully saturated rings. The molecule has 0 amide bonds. The quantitative estimate of drug-likeness (QED) is 0.633. The second-order valence-electron chi connectivity index (χ2n) is 4.68. The van der Waals surface area contributed by atoms with E-state index in [9.17, 15) is 18.1 Å². The van der Waals surface area contributed by atoms with Crippen molar-refractivity contribution < 1.29 is 35.9 Å². The second-order valence-corrected chi connectivity index (χ2v) is 11.3. The molecule has 0 saturated carbocycles. The standard InChI is InChI=1S/C3H9NO2S.C3H9O3P.C3H9O2P.C3H6O/c1-4(2)7(5)6-3;1-5-7(3,4)6-2;1-5-6(2,3)4;1-3(2)4/h2*1-3H3;1-3H3;1-2H3. The molecule has 0 saturated heterocycles. The maximum Gasteiger partial charge on any atom is 0.327 e. The monoisotopic (exact) mass is 413 g/mol. The lowest BCUT2D eigenvalue weighted by molar-refractivity contribution is -0.115.